The van der Waals surface area contributed by atoms with Crippen molar-refractivity contribution in [2.45, 2.75) is 99.8 Å². The molecule has 0 aromatic heterocycles. The minimum atomic E-state index is 0.612. The van der Waals surface area contributed by atoms with Gasteiger partial charge in [-0.15, -0.1) is 0 Å². The predicted molar refractivity (Wildman–Crippen MR) is 131 cm³/mol. The minimum absolute atomic E-state index is 0.612. The standard InChI is InChI=1S/C26H44OS/c1-8-22(4)20-26(28)27-19-18-25(7)17-11-16-24(6)15-10-14-23(5)13-9-12-21(2)3/h12,14,16,18,22H,8-11,13,15,17,19-20H2,1-7H3/b23-14+,24-16+,25-18+. The molecular formula is C26H44OS. The fraction of sp³-hybridized carbons (Fsp3) is 0.654. The first kappa shape index (κ1) is 26.9. The van der Waals surface area contributed by atoms with Gasteiger partial charge in [0.15, 0.2) is 5.05 Å². The summed E-state index contributed by atoms with van der Waals surface area (Å²) < 4.78 is 5.66. The Bertz CT molecular complexity index is 559. The molecule has 2 heteroatoms. The van der Waals surface area contributed by atoms with E-state index in [0.717, 1.165) is 50.0 Å². The van der Waals surface area contributed by atoms with Crippen LogP contribution in [0.1, 0.15) is 99.8 Å². The van der Waals surface area contributed by atoms with Crippen molar-refractivity contribution >= 4 is 17.3 Å². The topological polar surface area (TPSA) is 9.23 Å². The molecule has 0 N–H and O–H groups in total. The van der Waals surface area contributed by atoms with Crippen molar-refractivity contribution in [3.05, 3.63) is 46.6 Å². The zero-order valence-electron chi connectivity index (χ0n) is 19.6. The summed E-state index contributed by atoms with van der Waals surface area (Å²) in [6.07, 6.45) is 18.2. The van der Waals surface area contributed by atoms with Crippen molar-refractivity contribution in [2.24, 2.45) is 5.92 Å². The van der Waals surface area contributed by atoms with E-state index in [1.165, 1.54) is 28.7 Å². The lowest BCUT2D eigenvalue weighted by Crippen LogP contribution is -2.07. The number of rotatable bonds is 14. The number of hydrogen-bond acceptors (Lipinski definition) is 2. The molecule has 0 amide bonds. The molecule has 0 saturated heterocycles. The van der Waals surface area contributed by atoms with Gasteiger partial charge in [0.05, 0.1) is 0 Å². The summed E-state index contributed by atoms with van der Waals surface area (Å²) in [6, 6.07) is 0. The van der Waals surface area contributed by atoms with Gasteiger partial charge in [0, 0.05) is 6.42 Å². The molecule has 0 radical (unpaired) electrons. The van der Waals surface area contributed by atoms with E-state index in [9.17, 15) is 0 Å². The molecule has 0 rings (SSSR count). The van der Waals surface area contributed by atoms with Crippen molar-refractivity contribution in [3.63, 3.8) is 0 Å². The lowest BCUT2D eigenvalue weighted by atomic mass is 10.0. The molecule has 0 fully saturated rings. The maximum Gasteiger partial charge on any atom is 0.160 e. The Balaban J connectivity index is 4.03. The van der Waals surface area contributed by atoms with Gasteiger partial charge in [-0.3, -0.25) is 0 Å². The Morgan fingerprint density at radius 3 is 1.71 bits per heavy atom. The molecule has 1 nitrogen and oxygen atoms in total. The van der Waals surface area contributed by atoms with Crippen LogP contribution in [-0.2, 0) is 4.74 Å². The summed E-state index contributed by atoms with van der Waals surface area (Å²) in [5.41, 5.74) is 5.80. The molecular weight excluding hydrogens is 360 g/mol. The van der Waals surface area contributed by atoms with Crippen LogP contribution in [0.5, 0.6) is 0 Å². The van der Waals surface area contributed by atoms with Crippen LogP contribution >= 0.6 is 12.2 Å². The third kappa shape index (κ3) is 17.0. The number of hydrogen-bond donors (Lipinski definition) is 0. The molecule has 0 bridgehead atoms. The molecule has 0 heterocycles. The fourth-order valence-electron chi connectivity index (χ4n) is 2.75. The normalized spacial score (nSPS) is 14.0. The second-order valence-electron chi connectivity index (χ2n) is 8.45. The van der Waals surface area contributed by atoms with Gasteiger partial charge in [0.1, 0.15) is 6.61 Å². The largest absolute Gasteiger partial charge is 0.483 e. The van der Waals surface area contributed by atoms with E-state index in [1.54, 1.807) is 0 Å². The first-order valence-corrected chi connectivity index (χ1v) is 11.4. The molecule has 1 atom stereocenters. The predicted octanol–water partition coefficient (Wildman–Crippen LogP) is 8.91. The highest BCUT2D eigenvalue weighted by Gasteiger charge is 2.03. The molecule has 0 saturated carbocycles. The summed E-state index contributed by atoms with van der Waals surface area (Å²) in [5.74, 6) is 0.613. The van der Waals surface area contributed by atoms with Gasteiger partial charge in [-0.2, -0.15) is 0 Å². The first-order valence-electron chi connectivity index (χ1n) is 11.0. The summed E-state index contributed by atoms with van der Waals surface area (Å²) in [4.78, 5) is 0. The molecule has 1 unspecified atom stereocenters. The van der Waals surface area contributed by atoms with Crippen LogP contribution in [0.15, 0.2) is 46.6 Å². The summed E-state index contributed by atoms with van der Waals surface area (Å²) in [6.45, 7) is 16.0. The van der Waals surface area contributed by atoms with E-state index in [1.807, 2.05) is 0 Å². The van der Waals surface area contributed by atoms with Crippen LogP contribution in [0.25, 0.3) is 0 Å². The van der Waals surface area contributed by atoms with Crippen LogP contribution in [0, 0.1) is 5.92 Å². The smallest absolute Gasteiger partial charge is 0.160 e. The third-order valence-corrected chi connectivity index (χ3v) is 5.33. The van der Waals surface area contributed by atoms with Gasteiger partial charge < -0.3 is 4.74 Å². The summed E-state index contributed by atoms with van der Waals surface area (Å²) in [7, 11) is 0. The number of thiocarbonyl (C=S) groups is 1. The molecule has 28 heavy (non-hydrogen) atoms. The van der Waals surface area contributed by atoms with Gasteiger partial charge >= 0.3 is 0 Å². The van der Waals surface area contributed by atoms with Crippen molar-refractivity contribution in [2.75, 3.05) is 6.61 Å². The molecule has 0 aliphatic carbocycles. The summed E-state index contributed by atoms with van der Waals surface area (Å²) >= 11 is 5.30. The van der Waals surface area contributed by atoms with E-state index >= 15 is 0 Å². The quantitative estimate of drug-likeness (QED) is 0.211. The average Bonchev–Trinajstić information content (AvgIpc) is 2.61. The third-order valence-electron chi connectivity index (χ3n) is 5.04. The molecule has 0 aromatic rings. The lowest BCUT2D eigenvalue weighted by molar-refractivity contribution is 0.339. The Kier molecular flexibility index (Phi) is 16.1. The molecule has 0 aromatic carbocycles. The van der Waals surface area contributed by atoms with Crippen molar-refractivity contribution in [1.29, 1.82) is 0 Å². The average molecular weight is 405 g/mol. The Labute approximate surface area is 181 Å². The Morgan fingerprint density at radius 1 is 0.786 bits per heavy atom. The maximum atomic E-state index is 5.66. The van der Waals surface area contributed by atoms with E-state index in [-0.39, 0.29) is 0 Å². The second-order valence-corrected chi connectivity index (χ2v) is 8.90. The monoisotopic (exact) mass is 404 g/mol. The van der Waals surface area contributed by atoms with E-state index in [0.29, 0.717) is 12.5 Å². The van der Waals surface area contributed by atoms with E-state index < -0.39 is 0 Å². The van der Waals surface area contributed by atoms with Crippen molar-refractivity contribution in [3.8, 4) is 0 Å². The highest BCUT2D eigenvalue weighted by molar-refractivity contribution is 7.80. The van der Waals surface area contributed by atoms with Crippen LogP contribution in [-0.4, -0.2) is 11.7 Å². The minimum Gasteiger partial charge on any atom is -0.483 e. The van der Waals surface area contributed by atoms with E-state index in [4.69, 9.17) is 17.0 Å². The van der Waals surface area contributed by atoms with Crippen molar-refractivity contribution < 1.29 is 4.74 Å². The highest BCUT2D eigenvalue weighted by Crippen LogP contribution is 2.14. The molecule has 0 aliphatic heterocycles. The van der Waals surface area contributed by atoms with Gasteiger partial charge in [-0.05, 0) is 97.4 Å². The van der Waals surface area contributed by atoms with Crippen molar-refractivity contribution in [1.82, 2.24) is 0 Å². The molecule has 0 aliphatic rings. The first-order chi connectivity index (χ1) is 13.2. The highest BCUT2D eigenvalue weighted by atomic mass is 32.1. The van der Waals surface area contributed by atoms with Gasteiger partial charge in [-0.1, -0.05) is 60.8 Å². The summed E-state index contributed by atoms with van der Waals surface area (Å²) in [5, 5.41) is 0.748. The van der Waals surface area contributed by atoms with Crippen LogP contribution in [0.3, 0.4) is 0 Å². The van der Waals surface area contributed by atoms with Crippen LogP contribution in [0.2, 0.25) is 0 Å². The number of allylic oxidation sites excluding steroid dienone is 7. The fourth-order valence-corrected chi connectivity index (χ4v) is 3.10. The number of ether oxygens (including phenoxy) is 1. The van der Waals surface area contributed by atoms with Crippen LogP contribution in [0.4, 0.5) is 0 Å². The van der Waals surface area contributed by atoms with Gasteiger partial charge in [-0.25, -0.2) is 0 Å². The van der Waals surface area contributed by atoms with Gasteiger partial charge in [0.2, 0.25) is 0 Å². The van der Waals surface area contributed by atoms with E-state index in [2.05, 4.69) is 72.8 Å². The SMILES string of the molecule is CCC(C)CC(=S)OC/C=C(\C)CC/C=C(\C)CC/C=C(\C)CCC=C(C)C. The molecule has 160 valence electrons. The Hall–Kier alpha value is -1.15. The second kappa shape index (κ2) is 16.8. The zero-order chi connectivity index (χ0) is 21.4. The maximum absolute atomic E-state index is 5.66. The van der Waals surface area contributed by atoms with Gasteiger partial charge in [0.25, 0.3) is 0 Å². The van der Waals surface area contributed by atoms with Crippen LogP contribution < -0.4 is 0 Å². The Morgan fingerprint density at radius 2 is 1.25 bits per heavy atom. The zero-order valence-corrected chi connectivity index (χ0v) is 20.4. The lowest BCUT2D eigenvalue weighted by Gasteiger charge is -2.10. The molecule has 0 spiro atoms.